The van der Waals surface area contributed by atoms with Gasteiger partial charge in [0.05, 0.1) is 33.2 Å². The number of halogens is 5. The molecular weight excluding hydrogens is 738 g/mol. The van der Waals surface area contributed by atoms with Gasteiger partial charge in [-0.15, -0.1) is 5.10 Å². The zero-order chi connectivity index (χ0) is 38.6. The van der Waals surface area contributed by atoms with Crippen LogP contribution in [0.1, 0.15) is 46.9 Å². The second-order valence-corrected chi connectivity index (χ2v) is 13.3. The summed E-state index contributed by atoms with van der Waals surface area (Å²) in [7, 11) is 0. The molecule has 7 rings (SSSR count). The number of carbonyl (C=O) groups is 2. The van der Waals surface area contributed by atoms with Crippen molar-refractivity contribution in [3.8, 4) is 22.9 Å². The van der Waals surface area contributed by atoms with Crippen LogP contribution in [0.3, 0.4) is 0 Å². The van der Waals surface area contributed by atoms with Crippen molar-refractivity contribution in [2.45, 2.75) is 52.4 Å². The number of hydrogen-bond acceptors (Lipinski definition) is 10. The molecule has 0 saturated carbocycles. The Morgan fingerprint density at radius 1 is 1.11 bits per heavy atom. The van der Waals surface area contributed by atoms with Crippen LogP contribution in [-0.2, 0) is 30.4 Å². The van der Waals surface area contributed by atoms with Crippen molar-refractivity contribution in [2.24, 2.45) is 0 Å². The molecule has 2 aliphatic rings. The van der Waals surface area contributed by atoms with E-state index in [9.17, 15) is 32.7 Å². The van der Waals surface area contributed by atoms with Gasteiger partial charge in [-0.25, -0.2) is 14.4 Å². The topological polar surface area (TPSA) is 160 Å². The number of aromatic hydroxyl groups is 1. The second-order valence-electron chi connectivity index (χ2n) is 12.9. The first-order valence-electron chi connectivity index (χ1n) is 16.9. The maximum atomic E-state index is 15.5. The van der Waals surface area contributed by atoms with E-state index in [4.69, 9.17) is 16.3 Å². The number of rotatable bonds is 7. The number of aromatic nitrogens is 6. The molecule has 2 aromatic carbocycles. The van der Waals surface area contributed by atoms with Gasteiger partial charge < -0.3 is 29.5 Å². The lowest BCUT2D eigenvalue weighted by Gasteiger charge is -2.36. The molecule has 0 aliphatic carbocycles. The fourth-order valence-corrected chi connectivity index (χ4v) is 6.91. The Morgan fingerprint density at radius 3 is 2.54 bits per heavy atom. The van der Waals surface area contributed by atoms with Gasteiger partial charge in [0.25, 0.3) is 11.5 Å². The lowest BCUT2D eigenvalue weighted by molar-refractivity contribution is -0.137. The fraction of sp³-hybridized carbons (Fsp3) is 0.343. The van der Waals surface area contributed by atoms with Crippen molar-refractivity contribution in [1.29, 1.82) is 0 Å². The van der Waals surface area contributed by atoms with E-state index in [1.807, 2.05) is 6.92 Å². The quantitative estimate of drug-likeness (QED) is 0.223. The van der Waals surface area contributed by atoms with Gasteiger partial charge in [-0.05, 0) is 50.1 Å². The zero-order valence-electron chi connectivity index (χ0n) is 29.0. The largest absolute Gasteiger partial charge is 0.504 e. The highest BCUT2D eigenvalue weighted by molar-refractivity contribution is 6.33. The van der Waals surface area contributed by atoms with E-state index in [0.717, 1.165) is 22.2 Å². The number of anilines is 2. The van der Waals surface area contributed by atoms with E-state index >= 15 is 4.39 Å². The van der Waals surface area contributed by atoms with E-state index in [0.29, 0.717) is 23.9 Å². The summed E-state index contributed by atoms with van der Waals surface area (Å²) in [6.45, 7) is 5.26. The van der Waals surface area contributed by atoms with Crippen LogP contribution in [0.2, 0.25) is 5.02 Å². The van der Waals surface area contributed by atoms with Crippen LogP contribution in [0.4, 0.5) is 28.9 Å². The zero-order valence-corrected chi connectivity index (χ0v) is 29.8. The predicted molar refractivity (Wildman–Crippen MR) is 187 cm³/mol. The smallest absolute Gasteiger partial charge is 0.416 e. The lowest BCUT2D eigenvalue weighted by atomic mass is 10.1. The number of nitrogens with zero attached hydrogens (tertiary/aromatic N) is 8. The Labute approximate surface area is 309 Å². The molecule has 54 heavy (non-hydrogen) atoms. The van der Waals surface area contributed by atoms with Crippen molar-refractivity contribution in [2.75, 3.05) is 36.4 Å². The third-order valence-electron chi connectivity index (χ3n) is 9.35. The lowest BCUT2D eigenvalue weighted by Crippen LogP contribution is -2.51. The van der Waals surface area contributed by atoms with Gasteiger partial charge in [-0.3, -0.25) is 14.4 Å². The molecule has 282 valence electrons. The third kappa shape index (κ3) is 6.65. The fourth-order valence-electron chi connectivity index (χ4n) is 6.68. The van der Waals surface area contributed by atoms with Crippen LogP contribution in [0.25, 0.3) is 17.2 Å². The monoisotopic (exact) mass is 769 g/mol. The van der Waals surface area contributed by atoms with Gasteiger partial charge in [0.2, 0.25) is 11.7 Å². The van der Waals surface area contributed by atoms with Crippen molar-refractivity contribution >= 4 is 40.6 Å². The minimum atomic E-state index is -4.65. The molecule has 2 amide bonds. The Morgan fingerprint density at radius 2 is 1.85 bits per heavy atom. The van der Waals surface area contributed by atoms with E-state index in [2.05, 4.69) is 25.4 Å². The van der Waals surface area contributed by atoms with E-state index in [-0.39, 0.29) is 89.4 Å². The van der Waals surface area contributed by atoms with Crippen molar-refractivity contribution in [1.82, 2.24) is 34.0 Å². The van der Waals surface area contributed by atoms with Crippen LogP contribution in [-0.4, -0.2) is 83.2 Å². The van der Waals surface area contributed by atoms with Gasteiger partial charge in [0.1, 0.15) is 36.2 Å². The molecular formula is C35H32ClF4N9O5. The summed E-state index contributed by atoms with van der Waals surface area (Å²) in [6, 6.07) is 5.32. The summed E-state index contributed by atoms with van der Waals surface area (Å²) in [5, 5.41) is 17.0. The Kier molecular flexibility index (Phi) is 9.41. The Balaban J connectivity index is 1.27. The minimum absolute atomic E-state index is 0.0111. The number of benzene rings is 2. The summed E-state index contributed by atoms with van der Waals surface area (Å²) in [4.78, 5) is 56.8. The molecule has 5 aromatic rings. The summed E-state index contributed by atoms with van der Waals surface area (Å²) >= 11 is 6.12. The number of nitrogens with one attached hydrogen (secondary N) is 1. The van der Waals surface area contributed by atoms with Gasteiger partial charge in [0.15, 0.2) is 17.3 Å². The first-order chi connectivity index (χ1) is 25.6. The van der Waals surface area contributed by atoms with E-state index in [1.54, 1.807) is 24.8 Å². The van der Waals surface area contributed by atoms with Crippen molar-refractivity contribution in [3.05, 3.63) is 86.1 Å². The summed E-state index contributed by atoms with van der Waals surface area (Å²) in [5.41, 5.74) is -0.319. The maximum absolute atomic E-state index is 15.5. The molecule has 5 heterocycles. The molecule has 1 saturated heterocycles. The molecule has 0 bridgehead atoms. The van der Waals surface area contributed by atoms with Gasteiger partial charge in [-0.1, -0.05) is 18.5 Å². The first-order valence-corrected chi connectivity index (χ1v) is 17.3. The molecule has 19 heteroatoms. The molecule has 0 radical (unpaired) electrons. The molecule has 1 fully saturated rings. The maximum Gasteiger partial charge on any atom is 0.416 e. The SMILES string of the molecule is CCc1c(N2CCN(C(=O)c3ncnc(C)c3O)CC2)c(=O)n2nc(-c3cc4c(cc3F)O[C@@H](C)C4)nc2n1CC(=O)Nc1ccc(C(F)(F)F)cc1Cl. The Bertz CT molecular complexity index is 2390. The highest BCUT2D eigenvalue weighted by atomic mass is 35.5. The molecule has 14 nitrogen and oxygen atoms in total. The minimum Gasteiger partial charge on any atom is -0.504 e. The average molecular weight is 770 g/mol. The highest BCUT2D eigenvalue weighted by Gasteiger charge is 2.33. The normalized spacial score (nSPS) is 15.7. The van der Waals surface area contributed by atoms with Crippen LogP contribution in [0, 0.1) is 12.7 Å². The number of amides is 2. The van der Waals surface area contributed by atoms with Crippen LogP contribution >= 0.6 is 11.6 Å². The molecule has 0 spiro atoms. The van der Waals surface area contributed by atoms with Crippen LogP contribution in [0.15, 0.2) is 41.5 Å². The summed E-state index contributed by atoms with van der Waals surface area (Å²) in [5.74, 6) is -2.06. The van der Waals surface area contributed by atoms with E-state index < -0.39 is 41.5 Å². The molecule has 0 unspecified atom stereocenters. The van der Waals surface area contributed by atoms with Gasteiger partial charge in [-0.2, -0.15) is 22.7 Å². The summed E-state index contributed by atoms with van der Waals surface area (Å²) < 4.78 is 63.3. The number of piperazine rings is 1. The number of aryl methyl sites for hydroxylation is 1. The van der Waals surface area contributed by atoms with Gasteiger partial charge >= 0.3 is 6.18 Å². The average Bonchev–Trinajstić information content (AvgIpc) is 3.73. The first kappa shape index (κ1) is 36.6. The summed E-state index contributed by atoms with van der Waals surface area (Å²) in [6.07, 6.45) is -2.92. The third-order valence-corrected chi connectivity index (χ3v) is 9.66. The van der Waals surface area contributed by atoms with Crippen LogP contribution < -0.4 is 20.5 Å². The Hall–Kier alpha value is -5.78. The predicted octanol–water partition coefficient (Wildman–Crippen LogP) is 4.66. The molecule has 2 aliphatic heterocycles. The molecule has 1 atom stereocenters. The number of ether oxygens (including phenoxy) is 1. The van der Waals surface area contributed by atoms with E-state index in [1.165, 1.54) is 21.9 Å². The van der Waals surface area contributed by atoms with Crippen molar-refractivity contribution in [3.63, 3.8) is 0 Å². The second kappa shape index (κ2) is 13.9. The van der Waals surface area contributed by atoms with Crippen LogP contribution in [0.5, 0.6) is 11.5 Å². The highest BCUT2D eigenvalue weighted by Crippen LogP contribution is 2.36. The van der Waals surface area contributed by atoms with Gasteiger partial charge in [0, 0.05) is 38.7 Å². The number of alkyl halides is 3. The number of hydrogen-bond donors (Lipinski definition) is 2. The number of carbonyl (C=O) groups excluding carboxylic acids is 2. The van der Waals surface area contributed by atoms with Crippen molar-refractivity contribution < 1.29 is 37.0 Å². The molecule has 3 aromatic heterocycles. The molecule has 2 N–H and O–H groups in total. The standard InChI is InChI=1S/C35H32ClF4N9O5/c1-4-25-29(46-7-9-47(10-8-46)32(52)28-30(51)18(3)41-16-42-28)33(53)49-34(44-31(45-49)21-12-19-11-17(2)54-26(19)14-23(21)37)48(25)15-27(50)43-24-6-5-20(13-22(24)36)35(38,39)40/h5-6,12-14,16-17,51H,4,7-11,15H2,1-3H3,(H,43,50)/t17-/m0/s1. The number of fused-ring (bicyclic) bond motifs is 2.